The molecule has 2 aliphatic rings. The third-order valence-corrected chi connectivity index (χ3v) is 8.96. The average Bonchev–Trinajstić information content (AvgIpc) is 3.21. The Morgan fingerprint density at radius 1 is 1.13 bits per heavy atom. The van der Waals surface area contributed by atoms with E-state index in [1.807, 2.05) is 6.07 Å². The summed E-state index contributed by atoms with van der Waals surface area (Å²) in [6.07, 6.45) is 3.10. The van der Waals surface area contributed by atoms with Gasteiger partial charge < -0.3 is 9.64 Å². The highest BCUT2D eigenvalue weighted by atomic mass is 32.2. The summed E-state index contributed by atoms with van der Waals surface area (Å²) in [5.74, 6) is -0.150. The van der Waals surface area contributed by atoms with Gasteiger partial charge in [-0.2, -0.15) is 4.31 Å². The molecule has 31 heavy (non-hydrogen) atoms. The SMILES string of the molecule is C[C@H]1CCc2sc(C(=O)OCC(=O)N3CCN(S(=O)(=O)c4ccccc4)CC3)cc2C1. The summed E-state index contributed by atoms with van der Waals surface area (Å²) in [6.45, 7) is 2.85. The zero-order chi connectivity index (χ0) is 22.0. The van der Waals surface area contributed by atoms with Crippen LogP contribution in [-0.2, 0) is 32.4 Å². The lowest BCUT2D eigenvalue weighted by Gasteiger charge is -2.33. The minimum absolute atomic E-state index is 0.215. The van der Waals surface area contributed by atoms with E-state index in [0.717, 1.165) is 19.3 Å². The van der Waals surface area contributed by atoms with Gasteiger partial charge in [0.25, 0.3) is 5.91 Å². The second kappa shape index (κ2) is 9.10. The standard InChI is InChI=1S/C22H26N2O5S2/c1-16-7-8-19-17(13-16)14-20(30-19)22(26)29-15-21(25)23-9-11-24(12-10-23)31(27,28)18-5-3-2-4-6-18/h2-6,14,16H,7-13,15H2,1H3/t16-/m0/s1. The summed E-state index contributed by atoms with van der Waals surface area (Å²) in [5.41, 5.74) is 1.22. The molecule has 1 fully saturated rings. The highest BCUT2D eigenvalue weighted by Crippen LogP contribution is 2.32. The lowest BCUT2D eigenvalue weighted by atomic mass is 9.90. The first kappa shape index (κ1) is 22.0. The minimum Gasteiger partial charge on any atom is -0.451 e. The molecule has 2 aromatic rings. The molecule has 1 amide bonds. The van der Waals surface area contributed by atoms with Crippen LogP contribution in [-0.4, -0.2) is 62.3 Å². The van der Waals surface area contributed by atoms with Gasteiger partial charge in [0.15, 0.2) is 6.61 Å². The van der Waals surface area contributed by atoms with E-state index in [1.54, 1.807) is 35.2 Å². The summed E-state index contributed by atoms with van der Waals surface area (Å²) >= 11 is 1.46. The normalized spacial score (nSPS) is 19.6. The lowest BCUT2D eigenvalue weighted by Crippen LogP contribution is -2.51. The van der Waals surface area contributed by atoms with Crippen LogP contribution >= 0.6 is 11.3 Å². The molecule has 1 aromatic carbocycles. The number of nitrogens with zero attached hydrogens (tertiary/aromatic N) is 2. The number of hydrogen-bond acceptors (Lipinski definition) is 6. The number of aryl methyl sites for hydroxylation is 1. The van der Waals surface area contributed by atoms with E-state index in [-0.39, 0.29) is 43.6 Å². The predicted molar refractivity (Wildman–Crippen MR) is 118 cm³/mol. The summed E-state index contributed by atoms with van der Waals surface area (Å²) in [6, 6.07) is 10.2. The van der Waals surface area contributed by atoms with E-state index in [9.17, 15) is 18.0 Å². The average molecular weight is 463 g/mol. The van der Waals surface area contributed by atoms with Crippen molar-refractivity contribution in [3.05, 3.63) is 51.7 Å². The van der Waals surface area contributed by atoms with Crippen molar-refractivity contribution in [1.29, 1.82) is 0 Å². The van der Waals surface area contributed by atoms with E-state index < -0.39 is 16.0 Å². The number of amides is 1. The van der Waals surface area contributed by atoms with Gasteiger partial charge in [-0.05, 0) is 48.9 Å². The number of fused-ring (bicyclic) bond motifs is 1. The number of hydrogen-bond donors (Lipinski definition) is 0. The molecule has 0 N–H and O–H groups in total. The van der Waals surface area contributed by atoms with Gasteiger partial charge in [-0.1, -0.05) is 25.1 Å². The van der Waals surface area contributed by atoms with Crippen molar-refractivity contribution >= 4 is 33.2 Å². The molecule has 0 saturated carbocycles. The van der Waals surface area contributed by atoms with Crippen LogP contribution in [0.25, 0.3) is 0 Å². The number of esters is 1. The molecule has 0 unspecified atom stereocenters. The third-order valence-electron chi connectivity index (χ3n) is 5.83. The second-order valence-electron chi connectivity index (χ2n) is 8.08. The Bertz CT molecular complexity index is 1060. The molecule has 4 rings (SSSR count). The van der Waals surface area contributed by atoms with Crippen LogP contribution in [0.15, 0.2) is 41.3 Å². The fourth-order valence-electron chi connectivity index (χ4n) is 4.02. The molecule has 0 bridgehead atoms. The largest absolute Gasteiger partial charge is 0.451 e. The number of thiophene rings is 1. The van der Waals surface area contributed by atoms with E-state index in [0.29, 0.717) is 10.8 Å². The maximum Gasteiger partial charge on any atom is 0.348 e. The summed E-state index contributed by atoms with van der Waals surface area (Å²) in [5, 5.41) is 0. The van der Waals surface area contributed by atoms with Crippen molar-refractivity contribution in [2.24, 2.45) is 5.92 Å². The molecule has 1 aromatic heterocycles. The number of sulfonamides is 1. The number of rotatable bonds is 5. The molecule has 0 radical (unpaired) electrons. The van der Waals surface area contributed by atoms with Crippen molar-refractivity contribution in [3.63, 3.8) is 0 Å². The number of benzene rings is 1. The van der Waals surface area contributed by atoms with Crippen LogP contribution in [0.1, 0.15) is 33.5 Å². The summed E-state index contributed by atoms with van der Waals surface area (Å²) < 4.78 is 32.0. The topological polar surface area (TPSA) is 84.0 Å². The van der Waals surface area contributed by atoms with Crippen molar-refractivity contribution in [2.75, 3.05) is 32.8 Å². The number of piperazine rings is 1. The number of carbonyl (C=O) groups is 2. The van der Waals surface area contributed by atoms with Crippen LogP contribution in [0.4, 0.5) is 0 Å². The Labute approximate surface area is 186 Å². The van der Waals surface area contributed by atoms with Crippen LogP contribution < -0.4 is 0 Å². The van der Waals surface area contributed by atoms with Gasteiger partial charge in [0.2, 0.25) is 10.0 Å². The van der Waals surface area contributed by atoms with Crippen molar-refractivity contribution < 1.29 is 22.7 Å². The number of ether oxygens (including phenoxy) is 1. The summed E-state index contributed by atoms with van der Waals surface area (Å²) in [7, 11) is -3.57. The molecule has 2 heterocycles. The molecular weight excluding hydrogens is 436 g/mol. The van der Waals surface area contributed by atoms with Crippen molar-refractivity contribution in [3.8, 4) is 0 Å². The van der Waals surface area contributed by atoms with Gasteiger partial charge in [0, 0.05) is 31.1 Å². The monoisotopic (exact) mass is 462 g/mol. The maximum atomic E-state index is 12.7. The molecule has 1 atom stereocenters. The first-order valence-corrected chi connectivity index (χ1v) is 12.7. The van der Waals surface area contributed by atoms with Gasteiger partial charge in [0.05, 0.1) is 4.90 Å². The molecule has 7 nitrogen and oxygen atoms in total. The molecule has 166 valence electrons. The Morgan fingerprint density at radius 2 is 1.84 bits per heavy atom. The first-order valence-electron chi connectivity index (χ1n) is 10.5. The van der Waals surface area contributed by atoms with E-state index in [1.165, 1.54) is 26.1 Å². The highest BCUT2D eigenvalue weighted by molar-refractivity contribution is 7.89. The van der Waals surface area contributed by atoms with Crippen LogP contribution in [0.5, 0.6) is 0 Å². The summed E-state index contributed by atoms with van der Waals surface area (Å²) in [4.78, 5) is 28.5. The third kappa shape index (κ3) is 4.83. The minimum atomic E-state index is -3.57. The first-order chi connectivity index (χ1) is 14.8. The molecular formula is C22H26N2O5S2. The van der Waals surface area contributed by atoms with Crippen molar-refractivity contribution in [2.45, 2.75) is 31.1 Å². The van der Waals surface area contributed by atoms with Gasteiger partial charge in [0.1, 0.15) is 4.88 Å². The smallest absolute Gasteiger partial charge is 0.348 e. The van der Waals surface area contributed by atoms with Gasteiger partial charge in [-0.15, -0.1) is 11.3 Å². The van der Waals surface area contributed by atoms with E-state index in [4.69, 9.17) is 4.74 Å². The van der Waals surface area contributed by atoms with E-state index >= 15 is 0 Å². The highest BCUT2D eigenvalue weighted by Gasteiger charge is 2.30. The zero-order valence-electron chi connectivity index (χ0n) is 17.5. The van der Waals surface area contributed by atoms with Gasteiger partial charge in [-0.25, -0.2) is 13.2 Å². The second-order valence-corrected chi connectivity index (χ2v) is 11.2. The number of carbonyl (C=O) groups excluding carboxylic acids is 2. The molecule has 1 aliphatic carbocycles. The maximum absolute atomic E-state index is 12.7. The van der Waals surface area contributed by atoms with Crippen LogP contribution in [0.3, 0.4) is 0 Å². The fourth-order valence-corrected chi connectivity index (χ4v) is 6.56. The Morgan fingerprint density at radius 3 is 2.55 bits per heavy atom. The Hall–Kier alpha value is -2.23. The zero-order valence-corrected chi connectivity index (χ0v) is 19.1. The Balaban J connectivity index is 1.28. The molecule has 1 aliphatic heterocycles. The molecule has 9 heteroatoms. The fraction of sp³-hybridized carbons (Fsp3) is 0.455. The molecule has 1 saturated heterocycles. The Kier molecular flexibility index (Phi) is 6.45. The van der Waals surface area contributed by atoms with Gasteiger partial charge in [-0.3, -0.25) is 4.79 Å². The lowest BCUT2D eigenvalue weighted by molar-refractivity contribution is -0.135. The van der Waals surface area contributed by atoms with Crippen molar-refractivity contribution in [1.82, 2.24) is 9.21 Å². The van der Waals surface area contributed by atoms with E-state index in [2.05, 4.69) is 6.92 Å². The molecule has 0 spiro atoms. The quantitative estimate of drug-likeness (QED) is 0.638. The van der Waals surface area contributed by atoms with Crippen LogP contribution in [0, 0.1) is 5.92 Å². The van der Waals surface area contributed by atoms with Crippen LogP contribution in [0.2, 0.25) is 0 Å². The predicted octanol–water partition coefficient (Wildman–Crippen LogP) is 2.56. The van der Waals surface area contributed by atoms with Gasteiger partial charge >= 0.3 is 5.97 Å².